The van der Waals surface area contributed by atoms with E-state index in [1.807, 2.05) is 0 Å². The molecule has 10 aromatic rings. The molecule has 0 fully saturated rings. The molecule has 1 nitrogen and oxygen atoms in total. The average molecular weight is 738 g/mol. The number of rotatable bonds is 7. The molecule has 10 aromatic carbocycles. The Morgan fingerprint density at radius 2 is 0.828 bits per heavy atom. The molecule has 1 aliphatic carbocycles. The lowest BCUT2D eigenvalue weighted by molar-refractivity contribution is 0.768. The predicted molar refractivity (Wildman–Crippen MR) is 244 cm³/mol. The summed E-state index contributed by atoms with van der Waals surface area (Å²) < 4.78 is 0. The fraction of sp³-hybridized carbons (Fsp3) is 0.0175. The van der Waals surface area contributed by atoms with Crippen LogP contribution in [-0.4, -0.2) is 0 Å². The minimum absolute atomic E-state index is 0.504. The van der Waals surface area contributed by atoms with Gasteiger partial charge in [0, 0.05) is 16.8 Å². The van der Waals surface area contributed by atoms with Gasteiger partial charge in [0.2, 0.25) is 0 Å². The van der Waals surface area contributed by atoms with Crippen LogP contribution in [-0.2, 0) is 5.41 Å². The summed E-state index contributed by atoms with van der Waals surface area (Å²) in [7, 11) is 0. The van der Waals surface area contributed by atoms with E-state index in [-0.39, 0.29) is 0 Å². The second kappa shape index (κ2) is 13.9. The first-order chi connectivity index (χ1) is 28.8. The standard InChI is InChI=1S/C57H39N/c1-3-21-45(22-4-1)57(46-23-5-2-6-24-46)52-29-13-11-27-51(52)56-53(57)30-16-32-55(56)58(47-38-37-40-17-7-8-19-44(40)39-47)54-31-14-12-26-50(54)43-35-33-42(34-36-43)49-28-15-20-41-18-9-10-25-48(41)49/h1-39H. The van der Waals surface area contributed by atoms with Crippen molar-refractivity contribution in [1.29, 1.82) is 0 Å². The summed E-state index contributed by atoms with van der Waals surface area (Å²) >= 11 is 0. The summed E-state index contributed by atoms with van der Waals surface area (Å²) in [6.45, 7) is 0. The molecule has 0 bridgehead atoms. The summed E-state index contributed by atoms with van der Waals surface area (Å²) in [6.07, 6.45) is 0. The number of hydrogen-bond donors (Lipinski definition) is 0. The van der Waals surface area contributed by atoms with Crippen LogP contribution in [0.3, 0.4) is 0 Å². The van der Waals surface area contributed by atoms with Gasteiger partial charge in [-0.2, -0.15) is 0 Å². The van der Waals surface area contributed by atoms with Crippen molar-refractivity contribution in [2.75, 3.05) is 4.90 Å². The molecule has 0 heterocycles. The molecule has 272 valence electrons. The van der Waals surface area contributed by atoms with Crippen LogP contribution in [0.25, 0.3) is 54.9 Å². The van der Waals surface area contributed by atoms with Crippen molar-refractivity contribution in [3.63, 3.8) is 0 Å². The van der Waals surface area contributed by atoms with Crippen molar-refractivity contribution in [2.45, 2.75) is 5.41 Å². The number of benzene rings is 10. The maximum Gasteiger partial charge on any atom is 0.0714 e. The van der Waals surface area contributed by atoms with Crippen LogP contribution in [0.1, 0.15) is 22.3 Å². The molecule has 0 atom stereocenters. The molecule has 0 saturated carbocycles. The molecule has 0 saturated heterocycles. The van der Waals surface area contributed by atoms with Gasteiger partial charge in [-0.15, -0.1) is 0 Å². The highest BCUT2D eigenvalue weighted by Crippen LogP contribution is 2.59. The molecule has 0 unspecified atom stereocenters. The molecule has 11 rings (SSSR count). The van der Waals surface area contributed by atoms with E-state index in [4.69, 9.17) is 0 Å². The topological polar surface area (TPSA) is 3.24 Å². The Kier molecular flexibility index (Phi) is 8.12. The highest BCUT2D eigenvalue weighted by molar-refractivity contribution is 6.01. The van der Waals surface area contributed by atoms with Gasteiger partial charge in [0.15, 0.2) is 0 Å². The molecule has 0 amide bonds. The normalized spacial score (nSPS) is 12.6. The zero-order valence-corrected chi connectivity index (χ0v) is 32.0. The van der Waals surface area contributed by atoms with Gasteiger partial charge in [0.05, 0.1) is 16.8 Å². The van der Waals surface area contributed by atoms with E-state index in [9.17, 15) is 0 Å². The van der Waals surface area contributed by atoms with Gasteiger partial charge in [-0.05, 0) is 90.3 Å². The highest BCUT2D eigenvalue weighted by Gasteiger charge is 2.47. The Morgan fingerprint density at radius 3 is 1.59 bits per heavy atom. The van der Waals surface area contributed by atoms with Crippen molar-refractivity contribution < 1.29 is 0 Å². The van der Waals surface area contributed by atoms with Crippen LogP contribution in [0.5, 0.6) is 0 Å². The van der Waals surface area contributed by atoms with Crippen molar-refractivity contribution >= 4 is 38.6 Å². The number of fused-ring (bicyclic) bond motifs is 5. The summed E-state index contributed by atoms with van der Waals surface area (Å²) in [4.78, 5) is 2.50. The molecular weight excluding hydrogens is 699 g/mol. The minimum Gasteiger partial charge on any atom is -0.309 e. The summed E-state index contributed by atoms with van der Waals surface area (Å²) in [6, 6.07) is 86.9. The molecular formula is C57H39N. The number of nitrogens with zero attached hydrogens (tertiary/aromatic N) is 1. The maximum absolute atomic E-state index is 2.50. The third kappa shape index (κ3) is 5.32. The second-order valence-electron chi connectivity index (χ2n) is 15.2. The van der Waals surface area contributed by atoms with Crippen molar-refractivity contribution in [2.24, 2.45) is 0 Å². The summed E-state index contributed by atoms with van der Waals surface area (Å²) in [5.74, 6) is 0. The molecule has 1 aliphatic rings. The van der Waals surface area contributed by atoms with E-state index < -0.39 is 5.41 Å². The van der Waals surface area contributed by atoms with Crippen LogP contribution >= 0.6 is 0 Å². The molecule has 0 radical (unpaired) electrons. The molecule has 1 heteroatoms. The quantitative estimate of drug-likeness (QED) is 0.157. The average Bonchev–Trinajstić information content (AvgIpc) is 3.61. The van der Waals surface area contributed by atoms with Crippen LogP contribution in [0.2, 0.25) is 0 Å². The zero-order chi connectivity index (χ0) is 38.5. The van der Waals surface area contributed by atoms with Gasteiger partial charge in [-0.25, -0.2) is 0 Å². The van der Waals surface area contributed by atoms with Gasteiger partial charge in [-0.3, -0.25) is 0 Å². The Bertz CT molecular complexity index is 3060. The Morgan fingerprint density at radius 1 is 0.310 bits per heavy atom. The number of hydrogen-bond acceptors (Lipinski definition) is 1. The van der Waals surface area contributed by atoms with E-state index in [0.717, 1.165) is 17.1 Å². The molecule has 0 aliphatic heterocycles. The molecule has 58 heavy (non-hydrogen) atoms. The largest absolute Gasteiger partial charge is 0.309 e. The monoisotopic (exact) mass is 737 g/mol. The summed E-state index contributed by atoms with van der Waals surface area (Å²) in [5, 5.41) is 4.94. The van der Waals surface area contributed by atoms with Crippen LogP contribution in [0.4, 0.5) is 17.1 Å². The third-order valence-electron chi connectivity index (χ3n) is 12.1. The maximum atomic E-state index is 2.50. The fourth-order valence-electron chi connectivity index (χ4n) is 9.60. The lowest BCUT2D eigenvalue weighted by atomic mass is 9.68. The van der Waals surface area contributed by atoms with Crippen molar-refractivity contribution in [3.8, 4) is 33.4 Å². The van der Waals surface area contributed by atoms with Gasteiger partial charge in [0.25, 0.3) is 0 Å². The lowest BCUT2D eigenvalue weighted by Crippen LogP contribution is -2.28. The van der Waals surface area contributed by atoms with E-state index in [1.165, 1.54) is 77.2 Å². The lowest BCUT2D eigenvalue weighted by Gasteiger charge is -2.34. The molecule has 0 N–H and O–H groups in total. The van der Waals surface area contributed by atoms with Crippen LogP contribution in [0.15, 0.2) is 237 Å². The minimum atomic E-state index is -0.504. The van der Waals surface area contributed by atoms with Gasteiger partial charge < -0.3 is 4.90 Å². The molecule has 0 aromatic heterocycles. The number of para-hydroxylation sites is 1. The summed E-state index contributed by atoms with van der Waals surface area (Å²) in [5.41, 5.74) is 15.3. The van der Waals surface area contributed by atoms with E-state index >= 15 is 0 Å². The fourth-order valence-corrected chi connectivity index (χ4v) is 9.60. The highest BCUT2D eigenvalue weighted by atomic mass is 15.1. The van der Waals surface area contributed by atoms with E-state index in [1.54, 1.807) is 0 Å². The number of anilines is 3. The van der Waals surface area contributed by atoms with Crippen LogP contribution in [0, 0.1) is 0 Å². The van der Waals surface area contributed by atoms with Crippen molar-refractivity contribution in [3.05, 3.63) is 259 Å². The predicted octanol–water partition coefficient (Wildman–Crippen LogP) is 15.2. The SMILES string of the molecule is c1ccc(C2(c3ccccc3)c3ccccc3-c3c(N(c4ccc5ccccc5c4)c4ccccc4-c4ccc(-c5cccc6ccccc56)cc4)cccc32)cc1. The Labute approximate surface area is 339 Å². The third-order valence-corrected chi connectivity index (χ3v) is 12.1. The Hall–Kier alpha value is -7.48. The van der Waals surface area contributed by atoms with E-state index in [0.29, 0.717) is 0 Å². The first-order valence-corrected chi connectivity index (χ1v) is 20.1. The first kappa shape index (κ1) is 33.8. The molecule has 0 spiro atoms. The van der Waals surface area contributed by atoms with Gasteiger partial charge >= 0.3 is 0 Å². The Balaban J connectivity index is 1.16. The van der Waals surface area contributed by atoms with E-state index in [2.05, 4.69) is 241 Å². The van der Waals surface area contributed by atoms with Crippen molar-refractivity contribution in [1.82, 2.24) is 0 Å². The zero-order valence-electron chi connectivity index (χ0n) is 32.0. The van der Waals surface area contributed by atoms with Gasteiger partial charge in [0.1, 0.15) is 0 Å². The second-order valence-corrected chi connectivity index (χ2v) is 15.2. The van der Waals surface area contributed by atoms with Crippen LogP contribution < -0.4 is 4.90 Å². The first-order valence-electron chi connectivity index (χ1n) is 20.1. The van der Waals surface area contributed by atoms with Gasteiger partial charge in [-0.1, -0.05) is 212 Å². The smallest absolute Gasteiger partial charge is 0.0714 e.